The van der Waals surface area contributed by atoms with Gasteiger partial charge >= 0.3 is 0 Å². The highest BCUT2D eigenvalue weighted by atomic mass is 16.5. The highest BCUT2D eigenvalue weighted by Gasteiger charge is 2.23. The van der Waals surface area contributed by atoms with E-state index in [1.54, 1.807) is 6.07 Å². The summed E-state index contributed by atoms with van der Waals surface area (Å²) in [6, 6.07) is 27.6. The van der Waals surface area contributed by atoms with E-state index < -0.39 is 11.9 Å². The molecule has 4 rings (SSSR count). The van der Waals surface area contributed by atoms with E-state index in [1.807, 2.05) is 85.8 Å². The molecule has 4 aromatic rings. The molecule has 6 heteroatoms. The van der Waals surface area contributed by atoms with E-state index in [-0.39, 0.29) is 17.0 Å². The van der Waals surface area contributed by atoms with Gasteiger partial charge in [-0.3, -0.25) is 9.59 Å². The first-order valence-corrected chi connectivity index (χ1v) is 10.2. The molecule has 0 saturated heterocycles. The number of hydrogen-bond donors (Lipinski definition) is 1. The molecule has 0 spiro atoms. The van der Waals surface area contributed by atoms with E-state index in [0.717, 1.165) is 16.7 Å². The molecule has 0 bridgehead atoms. The fourth-order valence-electron chi connectivity index (χ4n) is 3.58. The summed E-state index contributed by atoms with van der Waals surface area (Å²) in [6.07, 6.45) is 0. The minimum absolute atomic E-state index is 0.0345. The number of nitrogens with one attached hydrogen (secondary N) is 1. The van der Waals surface area contributed by atoms with Crippen molar-refractivity contribution in [2.24, 2.45) is 0 Å². The number of para-hydroxylation sites is 1. The fourth-order valence-corrected chi connectivity index (χ4v) is 3.58. The quantitative estimate of drug-likeness (QED) is 0.505. The lowest BCUT2D eigenvalue weighted by molar-refractivity contribution is 0.0932. The molecule has 1 aromatic heterocycles. The van der Waals surface area contributed by atoms with Gasteiger partial charge in [0.2, 0.25) is 0 Å². The summed E-state index contributed by atoms with van der Waals surface area (Å²) >= 11 is 0. The molecule has 0 saturated carbocycles. The summed E-state index contributed by atoms with van der Waals surface area (Å²) in [5.74, 6) is -0.320. The summed E-state index contributed by atoms with van der Waals surface area (Å²) in [7, 11) is 1.41. The number of nitrogens with zero attached hydrogens (tertiary/aromatic N) is 2. The predicted octanol–water partition coefficient (Wildman–Crippen LogP) is 4.07. The van der Waals surface area contributed by atoms with Crippen LogP contribution in [-0.2, 0) is 0 Å². The molecule has 160 valence electrons. The SMILES string of the molecule is COc1cc(=O)n(-c2ccccc2C)nc1C(=O)NC(c1ccccc1)c1ccccc1. The molecule has 0 radical (unpaired) electrons. The molecule has 6 nitrogen and oxygen atoms in total. The highest BCUT2D eigenvalue weighted by molar-refractivity contribution is 5.95. The zero-order chi connectivity index (χ0) is 22.5. The van der Waals surface area contributed by atoms with Crippen LogP contribution in [-0.4, -0.2) is 22.8 Å². The van der Waals surface area contributed by atoms with Crippen LogP contribution in [0, 0.1) is 6.92 Å². The Hall–Kier alpha value is -4.19. The van der Waals surface area contributed by atoms with E-state index in [0.29, 0.717) is 5.69 Å². The molecule has 1 amide bonds. The number of rotatable bonds is 6. The van der Waals surface area contributed by atoms with Gasteiger partial charge in [0.05, 0.1) is 24.9 Å². The van der Waals surface area contributed by atoms with Gasteiger partial charge in [0.25, 0.3) is 11.5 Å². The number of carbonyl (C=O) groups excluding carboxylic acids is 1. The molecular formula is C26H23N3O3. The second kappa shape index (κ2) is 9.31. The van der Waals surface area contributed by atoms with Gasteiger partial charge < -0.3 is 10.1 Å². The minimum Gasteiger partial charge on any atom is -0.494 e. The van der Waals surface area contributed by atoms with Crippen molar-refractivity contribution in [1.29, 1.82) is 0 Å². The van der Waals surface area contributed by atoms with E-state index in [2.05, 4.69) is 10.4 Å². The monoisotopic (exact) mass is 425 g/mol. The Morgan fingerprint density at radius 2 is 1.47 bits per heavy atom. The average molecular weight is 425 g/mol. The molecule has 3 aromatic carbocycles. The lowest BCUT2D eigenvalue weighted by Gasteiger charge is -2.20. The third-order valence-corrected chi connectivity index (χ3v) is 5.22. The van der Waals surface area contributed by atoms with E-state index in [1.165, 1.54) is 17.9 Å². The van der Waals surface area contributed by atoms with Crippen LogP contribution in [0.1, 0.15) is 33.2 Å². The number of carbonyl (C=O) groups is 1. The van der Waals surface area contributed by atoms with Gasteiger partial charge in [0.1, 0.15) is 0 Å². The number of benzene rings is 3. The maximum atomic E-state index is 13.4. The minimum atomic E-state index is -0.443. The molecule has 1 N–H and O–H groups in total. The Morgan fingerprint density at radius 3 is 2.03 bits per heavy atom. The Morgan fingerprint density at radius 1 is 0.906 bits per heavy atom. The molecule has 1 heterocycles. The predicted molar refractivity (Wildman–Crippen MR) is 123 cm³/mol. The zero-order valence-electron chi connectivity index (χ0n) is 17.9. The van der Waals surface area contributed by atoms with Gasteiger partial charge in [-0.15, -0.1) is 0 Å². The van der Waals surface area contributed by atoms with Crippen LogP contribution >= 0.6 is 0 Å². The number of aryl methyl sites for hydroxylation is 1. The third kappa shape index (κ3) is 4.30. The van der Waals surface area contributed by atoms with Crippen LogP contribution in [0.5, 0.6) is 5.75 Å². The van der Waals surface area contributed by atoms with Crippen LogP contribution in [0.2, 0.25) is 0 Å². The normalized spacial score (nSPS) is 10.7. The molecule has 32 heavy (non-hydrogen) atoms. The lowest BCUT2D eigenvalue weighted by atomic mass is 9.98. The van der Waals surface area contributed by atoms with Crippen LogP contribution in [0.4, 0.5) is 0 Å². The zero-order valence-corrected chi connectivity index (χ0v) is 17.9. The van der Waals surface area contributed by atoms with Crippen LogP contribution in [0.15, 0.2) is 95.8 Å². The Bertz CT molecular complexity index is 1250. The van der Waals surface area contributed by atoms with Gasteiger partial charge in [0, 0.05) is 0 Å². The summed E-state index contributed by atoms with van der Waals surface area (Å²) in [5.41, 5.74) is 2.99. The largest absolute Gasteiger partial charge is 0.494 e. The van der Waals surface area contributed by atoms with Crippen molar-refractivity contribution in [2.45, 2.75) is 13.0 Å². The molecule has 0 aliphatic rings. The molecule has 0 atom stereocenters. The maximum absolute atomic E-state index is 13.4. The summed E-state index contributed by atoms with van der Waals surface area (Å²) in [5, 5.41) is 7.44. The number of amides is 1. The van der Waals surface area contributed by atoms with Crippen LogP contribution in [0.3, 0.4) is 0 Å². The first kappa shape index (κ1) is 21.1. The summed E-state index contributed by atoms with van der Waals surface area (Å²) < 4.78 is 6.55. The van der Waals surface area contributed by atoms with Crippen molar-refractivity contribution in [2.75, 3.05) is 7.11 Å². The second-order valence-electron chi connectivity index (χ2n) is 7.33. The molecular weight excluding hydrogens is 402 g/mol. The third-order valence-electron chi connectivity index (χ3n) is 5.22. The van der Waals surface area contributed by atoms with E-state index in [9.17, 15) is 9.59 Å². The van der Waals surface area contributed by atoms with E-state index in [4.69, 9.17) is 4.74 Å². The lowest BCUT2D eigenvalue weighted by Crippen LogP contribution is -2.33. The molecule has 0 aliphatic heterocycles. The first-order chi connectivity index (χ1) is 15.6. The highest BCUT2D eigenvalue weighted by Crippen LogP contribution is 2.23. The van der Waals surface area contributed by atoms with Crippen molar-refractivity contribution in [3.8, 4) is 11.4 Å². The van der Waals surface area contributed by atoms with Gasteiger partial charge in [-0.2, -0.15) is 9.78 Å². The number of ether oxygens (including phenoxy) is 1. The smallest absolute Gasteiger partial charge is 0.276 e. The second-order valence-corrected chi connectivity index (χ2v) is 7.33. The van der Waals surface area contributed by atoms with Crippen molar-refractivity contribution in [1.82, 2.24) is 15.1 Å². The van der Waals surface area contributed by atoms with E-state index >= 15 is 0 Å². The van der Waals surface area contributed by atoms with Gasteiger partial charge in [-0.1, -0.05) is 78.9 Å². The topological polar surface area (TPSA) is 73.2 Å². The van der Waals surface area contributed by atoms with Crippen molar-refractivity contribution in [3.63, 3.8) is 0 Å². The van der Waals surface area contributed by atoms with Crippen molar-refractivity contribution in [3.05, 3.63) is 124 Å². The van der Waals surface area contributed by atoms with Gasteiger partial charge in [-0.05, 0) is 29.7 Å². The first-order valence-electron chi connectivity index (χ1n) is 10.2. The van der Waals surface area contributed by atoms with Crippen LogP contribution < -0.4 is 15.6 Å². The Balaban J connectivity index is 1.77. The molecule has 0 fully saturated rings. The average Bonchev–Trinajstić information content (AvgIpc) is 2.84. The molecule has 0 aliphatic carbocycles. The summed E-state index contributed by atoms with van der Waals surface area (Å²) in [6.45, 7) is 1.88. The van der Waals surface area contributed by atoms with Gasteiger partial charge in [0.15, 0.2) is 11.4 Å². The number of aromatic nitrogens is 2. The standard InChI is InChI=1S/C26H23N3O3/c1-18-11-9-10-16-21(18)29-23(30)17-22(32-2)25(28-29)26(31)27-24(19-12-5-3-6-13-19)20-14-7-4-8-15-20/h3-17,24H,1-2H3,(H,27,31). The van der Waals surface area contributed by atoms with Crippen LogP contribution in [0.25, 0.3) is 5.69 Å². The number of hydrogen-bond acceptors (Lipinski definition) is 4. The van der Waals surface area contributed by atoms with Crippen molar-refractivity contribution >= 4 is 5.91 Å². The molecule has 0 unspecified atom stereocenters. The summed E-state index contributed by atoms with van der Waals surface area (Å²) in [4.78, 5) is 26.1. The fraction of sp³-hybridized carbons (Fsp3) is 0.115. The maximum Gasteiger partial charge on any atom is 0.276 e. The van der Waals surface area contributed by atoms with Crippen molar-refractivity contribution < 1.29 is 9.53 Å². The number of methoxy groups -OCH3 is 1. The van der Waals surface area contributed by atoms with Gasteiger partial charge in [-0.25, -0.2) is 0 Å². The Kier molecular flexibility index (Phi) is 6.12. The Labute approximate surface area is 186 Å².